The fraction of sp³-hybridized carbons (Fsp3) is 0.556. The fourth-order valence-electron chi connectivity index (χ4n) is 3.20. The maximum atomic E-state index is 12.6. The Morgan fingerprint density at radius 3 is 2.79 bits per heavy atom. The monoisotopic (exact) mass is 348 g/mol. The molecular weight excluding hydrogens is 324 g/mol. The Morgan fingerprint density at radius 1 is 1.29 bits per heavy atom. The van der Waals surface area contributed by atoms with Crippen molar-refractivity contribution >= 4 is 27.5 Å². The number of carbonyl (C=O) groups is 1. The number of carbonyl (C=O) groups excluding carboxylic acids is 1. The quantitative estimate of drug-likeness (QED) is 0.832. The first kappa shape index (κ1) is 17.2. The number of ether oxygens (including phenoxy) is 2. The van der Waals surface area contributed by atoms with Gasteiger partial charge in [0.15, 0.2) is 4.80 Å². The van der Waals surface area contributed by atoms with Crippen molar-refractivity contribution in [1.29, 1.82) is 0 Å². The minimum absolute atomic E-state index is 0.0272. The SMILES string of the molecule is COCCn1c(=NC(=O)C2CCCCC2)sc2cc(OC)ccc21. The number of aromatic nitrogens is 1. The molecule has 0 spiro atoms. The van der Waals surface area contributed by atoms with E-state index in [1.807, 2.05) is 18.2 Å². The van der Waals surface area contributed by atoms with Gasteiger partial charge in [-0.3, -0.25) is 4.79 Å². The van der Waals surface area contributed by atoms with E-state index in [2.05, 4.69) is 9.56 Å². The van der Waals surface area contributed by atoms with E-state index in [4.69, 9.17) is 9.47 Å². The Morgan fingerprint density at radius 2 is 2.08 bits per heavy atom. The van der Waals surface area contributed by atoms with Crippen LogP contribution in [0.2, 0.25) is 0 Å². The number of hydrogen-bond acceptors (Lipinski definition) is 4. The molecule has 1 heterocycles. The van der Waals surface area contributed by atoms with Crippen LogP contribution in [-0.2, 0) is 16.1 Å². The molecule has 1 aliphatic rings. The summed E-state index contributed by atoms with van der Waals surface area (Å²) in [6.07, 6.45) is 5.46. The van der Waals surface area contributed by atoms with Crippen molar-refractivity contribution in [2.24, 2.45) is 10.9 Å². The van der Waals surface area contributed by atoms with E-state index in [1.54, 1.807) is 14.2 Å². The molecule has 130 valence electrons. The lowest BCUT2D eigenvalue weighted by Gasteiger charge is -2.17. The standard InChI is InChI=1S/C18H24N2O3S/c1-22-11-10-20-15-9-8-14(23-2)12-16(15)24-18(20)19-17(21)13-6-4-3-5-7-13/h8-9,12-13H,3-7,10-11H2,1-2H3. The van der Waals surface area contributed by atoms with Gasteiger partial charge in [-0.15, -0.1) is 0 Å². The second-order valence-corrected chi connectivity index (χ2v) is 7.16. The minimum atomic E-state index is 0.0272. The van der Waals surface area contributed by atoms with Crippen molar-refractivity contribution in [1.82, 2.24) is 4.57 Å². The molecule has 0 radical (unpaired) electrons. The molecule has 24 heavy (non-hydrogen) atoms. The van der Waals surface area contributed by atoms with E-state index < -0.39 is 0 Å². The van der Waals surface area contributed by atoms with Crippen LogP contribution in [0.15, 0.2) is 23.2 Å². The van der Waals surface area contributed by atoms with Gasteiger partial charge in [0.2, 0.25) is 0 Å². The van der Waals surface area contributed by atoms with Crippen molar-refractivity contribution in [3.05, 3.63) is 23.0 Å². The molecule has 1 aliphatic carbocycles. The van der Waals surface area contributed by atoms with E-state index >= 15 is 0 Å². The first-order chi connectivity index (χ1) is 11.7. The highest BCUT2D eigenvalue weighted by molar-refractivity contribution is 7.16. The molecule has 1 aromatic carbocycles. The molecule has 1 aromatic heterocycles. The van der Waals surface area contributed by atoms with Gasteiger partial charge in [-0.25, -0.2) is 0 Å². The van der Waals surface area contributed by atoms with Gasteiger partial charge in [-0.2, -0.15) is 4.99 Å². The van der Waals surface area contributed by atoms with Gasteiger partial charge in [0.25, 0.3) is 5.91 Å². The van der Waals surface area contributed by atoms with Gasteiger partial charge in [0.1, 0.15) is 5.75 Å². The predicted molar refractivity (Wildman–Crippen MR) is 95.4 cm³/mol. The Labute approximate surface area is 145 Å². The summed E-state index contributed by atoms with van der Waals surface area (Å²) in [6.45, 7) is 1.27. The molecule has 0 N–H and O–H groups in total. The van der Waals surface area contributed by atoms with E-state index in [-0.39, 0.29) is 11.8 Å². The van der Waals surface area contributed by atoms with Crippen LogP contribution >= 0.6 is 11.3 Å². The number of methoxy groups -OCH3 is 2. The van der Waals surface area contributed by atoms with Gasteiger partial charge >= 0.3 is 0 Å². The predicted octanol–water partition coefficient (Wildman–Crippen LogP) is 3.37. The highest BCUT2D eigenvalue weighted by Gasteiger charge is 2.21. The number of benzene rings is 1. The van der Waals surface area contributed by atoms with Crippen molar-refractivity contribution in [2.45, 2.75) is 38.6 Å². The Hall–Kier alpha value is -1.66. The van der Waals surface area contributed by atoms with Gasteiger partial charge in [0, 0.05) is 19.6 Å². The zero-order chi connectivity index (χ0) is 16.9. The van der Waals surface area contributed by atoms with Crippen molar-refractivity contribution in [3.63, 3.8) is 0 Å². The smallest absolute Gasteiger partial charge is 0.251 e. The van der Waals surface area contributed by atoms with Crippen LogP contribution in [0.5, 0.6) is 5.75 Å². The number of nitrogens with zero attached hydrogens (tertiary/aromatic N) is 2. The van der Waals surface area contributed by atoms with Crippen LogP contribution in [-0.4, -0.2) is 31.3 Å². The summed E-state index contributed by atoms with van der Waals surface area (Å²) in [5.74, 6) is 0.932. The number of rotatable bonds is 5. The normalized spacial score (nSPS) is 16.7. The van der Waals surface area contributed by atoms with E-state index in [0.29, 0.717) is 13.2 Å². The zero-order valence-electron chi connectivity index (χ0n) is 14.3. The average Bonchev–Trinajstić information content (AvgIpc) is 2.96. The van der Waals surface area contributed by atoms with E-state index in [0.717, 1.165) is 46.5 Å². The summed E-state index contributed by atoms with van der Waals surface area (Å²) < 4.78 is 13.7. The summed E-state index contributed by atoms with van der Waals surface area (Å²) in [4.78, 5) is 17.8. The van der Waals surface area contributed by atoms with Gasteiger partial charge in [-0.05, 0) is 31.0 Å². The maximum Gasteiger partial charge on any atom is 0.251 e. The third kappa shape index (κ3) is 3.70. The number of amides is 1. The Kier molecular flexibility index (Phi) is 5.68. The number of fused-ring (bicyclic) bond motifs is 1. The first-order valence-electron chi connectivity index (χ1n) is 8.48. The first-order valence-corrected chi connectivity index (χ1v) is 9.29. The van der Waals surface area contributed by atoms with Crippen LogP contribution in [0.3, 0.4) is 0 Å². The van der Waals surface area contributed by atoms with Crippen LogP contribution in [0.4, 0.5) is 0 Å². The summed E-state index contributed by atoms with van der Waals surface area (Å²) in [5, 5.41) is 0. The lowest BCUT2D eigenvalue weighted by Crippen LogP contribution is -2.23. The summed E-state index contributed by atoms with van der Waals surface area (Å²) in [6, 6.07) is 5.95. The van der Waals surface area contributed by atoms with Crippen LogP contribution in [0.25, 0.3) is 10.2 Å². The Balaban J connectivity index is 2.00. The molecule has 0 unspecified atom stereocenters. The minimum Gasteiger partial charge on any atom is -0.497 e. The topological polar surface area (TPSA) is 52.8 Å². The largest absolute Gasteiger partial charge is 0.497 e. The molecule has 3 rings (SSSR count). The summed E-state index contributed by atoms with van der Waals surface area (Å²) in [7, 11) is 3.34. The average molecular weight is 348 g/mol. The van der Waals surface area contributed by atoms with Gasteiger partial charge in [-0.1, -0.05) is 30.6 Å². The molecule has 1 fully saturated rings. The molecule has 1 amide bonds. The molecule has 0 saturated heterocycles. The molecule has 5 nitrogen and oxygen atoms in total. The highest BCUT2D eigenvalue weighted by Crippen LogP contribution is 2.26. The van der Waals surface area contributed by atoms with Crippen molar-refractivity contribution < 1.29 is 14.3 Å². The molecule has 0 aliphatic heterocycles. The fourth-order valence-corrected chi connectivity index (χ4v) is 4.29. The second kappa shape index (κ2) is 7.94. The lowest BCUT2D eigenvalue weighted by molar-refractivity contribution is -0.122. The zero-order valence-corrected chi connectivity index (χ0v) is 15.1. The maximum absolute atomic E-state index is 12.6. The Bertz CT molecular complexity index is 772. The highest BCUT2D eigenvalue weighted by atomic mass is 32.1. The third-order valence-electron chi connectivity index (χ3n) is 4.57. The summed E-state index contributed by atoms with van der Waals surface area (Å²) >= 11 is 1.54. The molecule has 1 saturated carbocycles. The second-order valence-electron chi connectivity index (χ2n) is 6.15. The van der Waals surface area contributed by atoms with Gasteiger partial charge in [0.05, 0.1) is 23.9 Å². The van der Waals surface area contributed by atoms with E-state index in [9.17, 15) is 4.79 Å². The van der Waals surface area contributed by atoms with Crippen LogP contribution < -0.4 is 9.54 Å². The van der Waals surface area contributed by atoms with Crippen molar-refractivity contribution in [2.75, 3.05) is 20.8 Å². The van der Waals surface area contributed by atoms with Crippen LogP contribution in [0, 0.1) is 5.92 Å². The lowest BCUT2D eigenvalue weighted by atomic mass is 9.89. The molecule has 0 atom stereocenters. The summed E-state index contributed by atoms with van der Waals surface area (Å²) in [5.41, 5.74) is 1.06. The third-order valence-corrected chi connectivity index (χ3v) is 5.61. The molecule has 0 bridgehead atoms. The molecule has 6 heteroatoms. The number of thiazole rings is 1. The van der Waals surface area contributed by atoms with Crippen LogP contribution in [0.1, 0.15) is 32.1 Å². The molecule has 2 aromatic rings. The van der Waals surface area contributed by atoms with Crippen molar-refractivity contribution in [3.8, 4) is 5.75 Å². The van der Waals surface area contributed by atoms with Gasteiger partial charge < -0.3 is 14.0 Å². The molecular formula is C18H24N2O3S. The number of hydrogen-bond donors (Lipinski definition) is 0. The van der Waals surface area contributed by atoms with E-state index in [1.165, 1.54) is 17.8 Å².